The number of aryl methyl sites for hydroxylation is 4. The average Bonchev–Trinajstić information content (AvgIpc) is 3.63. The molecule has 0 unspecified atom stereocenters. The summed E-state index contributed by atoms with van der Waals surface area (Å²) >= 11 is 0. The minimum atomic E-state index is 0. The number of hydrogen-bond acceptors (Lipinski definition) is 2. The largest absolute Gasteiger partial charge is 0.656 e. The molecule has 0 saturated carbocycles. The number of rotatable bonds is 6. The molecular formula is C47H61AuN3-2. The summed E-state index contributed by atoms with van der Waals surface area (Å²) in [5.74, 6) is 1.83. The van der Waals surface area contributed by atoms with E-state index in [-0.39, 0.29) is 27.8 Å². The van der Waals surface area contributed by atoms with Crippen molar-refractivity contribution in [2.75, 3.05) is 9.80 Å². The predicted octanol–water partition coefficient (Wildman–Crippen LogP) is 13.7. The summed E-state index contributed by atoms with van der Waals surface area (Å²) in [6.45, 7) is 36.3. The minimum absolute atomic E-state index is 0. The van der Waals surface area contributed by atoms with Crippen molar-refractivity contribution in [3.05, 3.63) is 124 Å². The monoisotopic (exact) mass is 864 g/mol. The van der Waals surface area contributed by atoms with Gasteiger partial charge >= 0.3 is 0 Å². The molecule has 1 radical (unpaired) electrons. The van der Waals surface area contributed by atoms with Crippen LogP contribution in [0.25, 0.3) is 21.8 Å². The van der Waals surface area contributed by atoms with Crippen LogP contribution in [0.3, 0.4) is 0 Å². The van der Waals surface area contributed by atoms with Crippen molar-refractivity contribution in [2.45, 2.75) is 128 Å². The van der Waals surface area contributed by atoms with Crippen LogP contribution in [0.4, 0.5) is 11.4 Å². The Kier molecular flexibility index (Phi) is 12.5. The molecule has 51 heavy (non-hydrogen) atoms. The van der Waals surface area contributed by atoms with Crippen LogP contribution >= 0.6 is 0 Å². The van der Waals surface area contributed by atoms with Crippen LogP contribution in [0.5, 0.6) is 0 Å². The van der Waals surface area contributed by atoms with Crippen molar-refractivity contribution in [1.29, 1.82) is 0 Å². The van der Waals surface area contributed by atoms with Gasteiger partial charge < -0.3 is 14.8 Å². The van der Waals surface area contributed by atoms with E-state index >= 15 is 0 Å². The average molecular weight is 865 g/mol. The molecule has 0 saturated heterocycles. The molecule has 0 spiro atoms. The normalized spacial score (nSPS) is 13.5. The minimum Gasteiger partial charge on any atom is -0.656 e. The fourth-order valence-corrected chi connectivity index (χ4v) is 7.61. The Morgan fingerprint density at radius 2 is 0.941 bits per heavy atom. The van der Waals surface area contributed by atoms with E-state index in [1.807, 2.05) is 0 Å². The van der Waals surface area contributed by atoms with Crippen LogP contribution in [0.15, 0.2) is 72.6 Å². The molecule has 1 aliphatic heterocycles. The van der Waals surface area contributed by atoms with Gasteiger partial charge in [-0.25, -0.2) is 0 Å². The number of fused-ring (bicyclic) bond motifs is 3. The van der Waals surface area contributed by atoms with Gasteiger partial charge in [0, 0.05) is 44.9 Å². The third kappa shape index (κ3) is 8.22. The van der Waals surface area contributed by atoms with Crippen molar-refractivity contribution in [3.8, 4) is 0 Å². The zero-order chi connectivity index (χ0) is 36.8. The maximum atomic E-state index is 4.80. The quantitative estimate of drug-likeness (QED) is 0.125. The first kappa shape index (κ1) is 40.5. The second kappa shape index (κ2) is 15.8. The van der Waals surface area contributed by atoms with E-state index in [4.69, 9.17) is 4.98 Å². The smallest absolute Gasteiger partial charge is 0.0197 e. The summed E-state index contributed by atoms with van der Waals surface area (Å²) < 4.78 is 0. The van der Waals surface area contributed by atoms with Gasteiger partial charge in [0.2, 0.25) is 0 Å². The summed E-state index contributed by atoms with van der Waals surface area (Å²) in [5.41, 5.74) is 17.2. The van der Waals surface area contributed by atoms with E-state index in [1.165, 1.54) is 72.4 Å². The van der Waals surface area contributed by atoms with Crippen LogP contribution in [0.2, 0.25) is 0 Å². The summed E-state index contributed by atoms with van der Waals surface area (Å²) in [7, 11) is 0. The molecule has 1 aliphatic rings. The molecule has 4 aromatic carbocycles. The maximum absolute atomic E-state index is 4.80. The summed E-state index contributed by atoms with van der Waals surface area (Å²) in [6.07, 6.45) is 2.38. The van der Waals surface area contributed by atoms with Crippen molar-refractivity contribution >= 4 is 33.2 Å². The molecule has 6 rings (SSSR count). The molecule has 0 bridgehead atoms. The van der Waals surface area contributed by atoms with Crippen molar-refractivity contribution < 1.29 is 22.4 Å². The van der Waals surface area contributed by atoms with Crippen molar-refractivity contribution in [3.63, 3.8) is 0 Å². The first-order valence-corrected chi connectivity index (χ1v) is 18.8. The molecule has 1 aromatic heterocycles. The van der Waals surface area contributed by atoms with Crippen LogP contribution in [0.1, 0.15) is 144 Å². The van der Waals surface area contributed by atoms with E-state index < -0.39 is 0 Å². The van der Waals surface area contributed by atoms with E-state index in [0.717, 1.165) is 11.0 Å². The molecular weight excluding hydrogens is 804 g/mol. The van der Waals surface area contributed by atoms with Crippen LogP contribution < -0.4 is 14.8 Å². The van der Waals surface area contributed by atoms with Gasteiger partial charge in [0.1, 0.15) is 0 Å². The van der Waals surface area contributed by atoms with E-state index in [1.54, 1.807) is 0 Å². The Hall–Kier alpha value is -3.24. The van der Waals surface area contributed by atoms with Gasteiger partial charge in [-0.2, -0.15) is 0 Å². The topological polar surface area (TPSA) is 20.6 Å². The summed E-state index contributed by atoms with van der Waals surface area (Å²) in [5, 5.41) is 2.59. The van der Waals surface area contributed by atoms with Crippen molar-refractivity contribution in [1.82, 2.24) is 4.98 Å². The molecule has 2 heterocycles. The molecule has 0 N–H and O–H groups in total. The first-order valence-electron chi connectivity index (χ1n) is 18.8. The SMILES string of the molecule is CC(C)c1cccc(C(C)C)c1N1C=C(C(C)(C)C)N(c2c(C(C)C)cccc2C(C)C)[CH-]1.Cc1cc(C)c2[n-]c3c(C)cc(C)cc3c2c1.[Au]. The van der Waals surface area contributed by atoms with Gasteiger partial charge in [0.25, 0.3) is 0 Å². The fraction of sp³-hybridized carbons (Fsp3) is 0.426. The molecule has 4 heteroatoms. The molecule has 0 fully saturated rings. The van der Waals surface area contributed by atoms with Gasteiger partial charge in [-0.05, 0) is 90.6 Å². The summed E-state index contributed by atoms with van der Waals surface area (Å²) in [4.78, 5) is 9.70. The number of anilines is 2. The molecule has 277 valence electrons. The van der Waals surface area contributed by atoms with Crippen LogP contribution in [-0.4, -0.2) is 0 Å². The molecule has 3 nitrogen and oxygen atoms in total. The third-order valence-electron chi connectivity index (χ3n) is 10.1. The second-order valence-corrected chi connectivity index (χ2v) is 16.9. The van der Waals surface area contributed by atoms with E-state index in [0.29, 0.717) is 23.7 Å². The van der Waals surface area contributed by atoms with Crippen molar-refractivity contribution in [2.24, 2.45) is 5.41 Å². The molecule has 0 atom stereocenters. The Bertz CT molecular complexity index is 1920. The molecule has 0 aliphatic carbocycles. The number of hydrogen-bond donors (Lipinski definition) is 0. The fourth-order valence-electron chi connectivity index (χ4n) is 7.61. The van der Waals surface area contributed by atoms with Gasteiger partial charge in [0.05, 0.1) is 0 Å². The van der Waals surface area contributed by atoms with Gasteiger partial charge in [-0.15, -0.1) is 17.7 Å². The Morgan fingerprint density at radius 3 is 1.29 bits per heavy atom. The van der Waals surface area contributed by atoms with Gasteiger partial charge in [-0.1, -0.05) is 159 Å². The Balaban J connectivity index is 0.000000270. The first-order chi connectivity index (χ1) is 23.4. The zero-order valence-corrected chi connectivity index (χ0v) is 36.0. The summed E-state index contributed by atoms with van der Waals surface area (Å²) in [6, 6.07) is 22.6. The van der Waals surface area contributed by atoms with E-state index in [2.05, 4.69) is 187 Å². The standard InChI is InChI=1S/C31H45N2.C16H16N.Au/c1-20(2)24-14-12-15-25(21(3)4)29(24)32-18-28(31(9,10)11)33(19-32)30-26(22(5)6)16-13-17-27(30)23(7)8;1-9-5-11(3)15-13(7-9)14-8-10(2)6-12(4)16(14)17-15;/h12-23H,1-11H3;5-8H,1-4H3;/q2*-1;. The Labute approximate surface area is 325 Å². The van der Waals surface area contributed by atoms with Crippen LogP contribution in [-0.2, 0) is 22.4 Å². The number of allylic oxidation sites excluding steroid dienone is 1. The maximum Gasteiger partial charge on any atom is 0.0197 e. The molecule has 0 amide bonds. The van der Waals surface area contributed by atoms with Gasteiger partial charge in [-0.3, -0.25) is 0 Å². The Morgan fingerprint density at radius 1 is 0.569 bits per heavy atom. The molecule has 5 aromatic rings. The third-order valence-corrected chi connectivity index (χ3v) is 10.1. The number of nitrogens with zero attached hydrogens (tertiary/aromatic N) is 3. The number of aromatic nitrogens is 1. The second-order valence-electron chi connectivity index (χ2n) is 16.9. The van der Waals surface area contributed by atoms with E-state index in [9.17, 15) is 0 Å². The number of benzene rings is 4. The number of para-hydroxylation sites is 2. The van der Waals surface area contributed by atoms with Gasteiger partial charge in [0.15, 0.2) is 0 Å². The zero-order valence-electron chi connectivity index (χ0n) is 33.9. The van der Waals surface area contributed by atoms with Crippen LogP contribution in [0, 0.1) is 39.8 Å². The predicted molar refractivity (Wildman–Crippen MR) is 220 cm³/mol.